The smallest absolute Gasteiger partial charge is 0.257 e. The summed E-state index contributed by atoms with van der Waals surface area (Å²) < 4.78 is 5.47. The van der Waals surface area contributed by atoms with Crippen LogP contribution in [0.15, 0.2) is 24.3 Å². The summed E-state index contributed by atoms with van der Waals surface area (Å²) in [4.78, 5) is 13.8. The fourth-order valence-corrected chi connectivity index (χ4v) is 3.07. The molecule has 5 heteroatoms. The minimum absolute atomic E-state index is 0.0535. The topological polar surface area (TPSA) is 61.8 Å². The lowest BCUT2D eigenvalue weighted by molar-refractivity contribution is -0.122. The second-order valence-electron chi connectivity index (χ2n) is 6.02. The summed E-state index contributed by atoms with van der Waals surface area (Å²) in [6, 6.07) is 8.43. The largest absolute Gasteiger partial charge is 0.484 e. The molecule has 1 unspecified atom stereocenters. The number of aliphatic hydroxyl groups excluding tert-OH is 1. The van der Waals surface area contributed by atoms with Crippen LogP contribution in [0.2, 0.25) is 0 Å². The van der Waals surface area contributed by atoms with Crippen molar-refractivity contribution in [3.63, 3.8) is 0 Å². The highest BCUT2D eigenvalue weighted by atomic mass is 16.5. The molecule has 0 spiro atoms. The van der Waals surface area contributed by atoms with Gasteiger partial charge in [0.1, 0.15) is 5.75 Å². The van der Waals surface area contributed by atoms with Crippen molar-refractivity contribution in [3.8, 4) is 5.75 Å². The molecule has 0 aromatic heterocycles. The van der Waals surface area contributed by atoms with Gasteiger partial charge in [0.15, 0.2) is 6.61 Å². The van der Waals surface area contributed by atoms with Crippen LogP contribution in [-0.2, 0) is 11.3 Å². The van der Waals surface area contributed by atoms with Crippen molar-refractivity contribution < 1.29 is 14.6 Å². The molecule has 1 atom stereocenters. The number of rotatable bonds is 8. The number of benzene rings is 1. The van der Waals surface area contributed by atoms with Gasteiger partial charge in [-0.15, -0.1) is 0 Å². The van der Waals surface area contributed by atoms with Crippen molar-refractivity contribution in [2.45, 2.75) is 45.2 Å². The van der Waals surface area contributed by atoms with Gasteiger partial charge in [0.05, 0.1) is 0 Å². The van der Waals surface area contributed by atoms with Crippen LogP contribution in [0.5, 0.6) is 5.75 Å². The number of carbonyl (C=O) groups is 1. The van der Waals surface area contributed by atoms with Crippen LogP contribution < -0.4 is 10.1 Å². The van der Waals surface area contributed by atoms with E-state index in [9.17, 15) is 9.90 Å². The molecule has 0 bridgehead atoms. The minimum atomic E-state index is -0.100. The van der Waals surface area contributed by atoms with Crippen LogP contribution in [0.3, 0.4) is 0 Å². The molecule has 2 N–H and O–H groups in total. The van der Waals surface area contributed by atoms with Crippen LogP contribution in [0.4, 0.5) is 0 Å². The Labute approximate surface area is 138 Å². The molecule has 0 saturated carbocycles. The number of hydrogen-bond acceptors (Lipinski definition) is 4. The quantitative estimate of drug-likeness (QED) is 0.768. The maximum Gasteiger partial charge on any atom is 0.257 e. The van der Waals surface area contributed by atoms with Crippen molar-refractivity contribution in [1.29, 1.82) is 0 Å². The normalized spacial score (nSPS) is 18.6. The monoisotopic (exact) mass is 320 g/mol. The second-order valence-corrected chi connectivity index (χ2v) is 6.02. The molecule has 1 aliphatic rings. The van der Waals surface area contributed by atoms with Crippen molar-refractivity contribution in [1.82, 2.24) is 10.2 Å². The molecule has 128 valence electrons. The zero-order valence-electron chi connectivity index (χ0n) is 14.0. The van der Waals surface area contributed by atoms with E-state index in [1.54, 1.807) is 0 Å². The number of likely N-dealkylation sites (N-methyl/N-ethyl adjacent to an activating group) is 1. The number of hydrogen-bond donors (Lipinski definition) is 2. The fraction of sp³-hybridized carbons (Fsp3) is 0.611. The van der Waals surface area contributed by atoms with Gasteiger partial charge >= 0.3 is 0 Å². The van der Waals surface area contributed by atoms with Crippen molar-refractivity contribution >= 4 is 5.91 Å². The molecular formula is C18H28N2O3. The number of nitrogens with zero attached hydrogens (tertiary/aromatic N) is 1. The summed E-state index contributed by atoms with van der Waals surface area (Å²) in [7, 11) is 0. The van der Waals surface area contributed by atoms with E-state index in [1.807, 2.05) is 19.1 Å². The van der Waals surface area contributed by atoms with Gasteiger partial charge in [-0.3, -0.25) is 9.69 Å². The van der Waals surface area contributed by atoms with Crippen LogP contribution in [0, 0.1) is 0 Å². The zero-order chi connectivity index (χ0) is 16.5. The van der Waals surface area contributed by atoms with Gasteiger partial charge in [-0.2, -0.15) is 0 Å². The number of carbonyl (C=O) groups excluding carboxylic acids is 1. The van der Waals surface area contributed by atoms with Crippen molar-refractivity contribution in [2.24, 2.45) is 0 Å². The molecule has 1 aliphatic heterocycles. The SMILES string of the molecule is CCNC(=O)COc1ccc(CN2CCCCC2CCO)cc1. The van der Waals surface area contributed by atoms with Gasteiger partial charge in [-0.25, -0.2) is 0 Å². The lowest BCUT2D eigenvalue weighted by Crippen LogP contribution is -2.39. The molecule has 2 rings (SSSR count). The number of ether oxygens (including phenoxy) is 1. The summed E-state index contributed by atoms with van der Waals surface area (Å²) in [5.74, 6) is 0.613. The summed E-state index contributed by atoms with van der Waals surface area (Å²) in [5, 5.41) is 11.9. The first-order valence-electron chi connectivity index (χ1n) is 8.56. The first-order valence-corrected chi connectivity index (χ1v) is 8.56. The number of piperidine rings is 1. The van der Waals surface area contributed by atoms with E-state index < -0.39 is 0 Å². The standard InChI is InChI=1S/C18H28N2O3/c1-2-19-18(22)14-23-17-8-6-15(7-9-17)13-20-11-4-3-5-16(20)10-12-21/h6-9,16,21H,2-5,10-14H2,1H3,(H,19,22). The Kier molecular flexibility index (Phi) is 7.36. The van der Waals surface area contributed by atoms with Crippen LogP contribution >= 0.6 is 0 Å². The Morgan fingerprint density at radius 3 is 2.83 bits per heavy atom. The molecule has 0 aliphatic carbocycles. The maximum atomic E-state index is 11.4. The number of aliphatic hydroxyl groups is 1. The fourth-order valence-electron chi connectivity index (χ4n) is 3.07. The van der Waals surface area contributed by atoms with E-state index >= 15 is 0 Å². The third-order valence-electron chi connectivity index (χ3n) is 4.26. The Bertz CT molecular complexity index is 474. The molecule has 1 amide bonds. The first kappa shape index (κ1) is 17.8. The molecule has 1 saturated heterocycles. The van der Waals surface area contributed by atoms with Crippen LogP contribution in [0.25, 0.3) is 0 Å². The average molecular weight is 320 g/mol. The van der Waals surface area contributed by atoms with E-state index in [0.717, 1.165) is 19.5 Å². The number of amides is 1. The van der Waals surface area contributed by atoms with E-state index in [4.69, 9.17) is 4.74 Å². The Hall–Kier alpha value is -1.59. The third-order valence-corrected chi connectivity index (χ3v) is 4.26. The van der Waals surface area contributed by atoms with Crippen molar-refractivity contribution in [3.05, 3.63) is 29.8 Å². The minimum Gasteiger partial charge on any atom is -0.484 e. The van der Waals surface area contributed by atoms with Crippen LogP contribution in [-0.4, -0.2) is 48.3 Å². The van der Waals surface area contributed by atoms with Gasteiger partial charge in [0.25, 0.3) is 5.91 Å². The van der Waals surface area contributed by atoms with Gasteiger partial charge in [0.2, 0.25) is 0 Å². The van der Waals surface area contributed by atoms with Crippen molar-refractivity contribution in [2.75, 3.05) is 26.3 Å². The third kappa shape index (κ3) is 5.84. The predicted molar refractivity (Wildman–Crippen MR) is 90.4 cm³/mol. The highest BCUT2D eigenvalue weighted by molar-refractivity contribution is 5.77. The van der Waals surface area contributed by atoms with E-state index in [2.05, 4.69) is 22.3 Å². The molecule has 1 aromatic carbocycles. The molecular weight excluding hydrogens is 292 g/mol. The van der Waals surface area contributed by atoms with Gasteiger partial charge in [0, 0.05) is 25.7 Å². The Balaban J connectivity index is 1.85. The molecule has 5 nitrogen and oxygen atoms in total. The molecule has 1 heterocycles. The highest BCUT2D eigenvalue weighted by Gasteiger charge is 2.21. The average Bonchev–Trinajstić information content (AvgIpc) is 2.56. The Morgan fingerprint density at radius 2 is 2.13 bits per heavy atom. The van der Waals surface area contributed by atoms with Gasteiger partial charge in [-0.05, 0) is 50.4 Å². The summed E-state index contributed by atoms with van der Waals surface area (Å²) in [6.45, 7) is 4.82. The summed E-state index contributed by atoms with van der Waals surface area (Å²) in [6.07, 6.45) is 4.52. The maximum absolute atomic E-state index is 11.4. The van der Waals surface area contributed by atoms with E-state index in [1.165, 1.54) is 24.8 Å². The molecule has 1 aromatic rings. The molecule has 0 radical (unpaired) electrons. The van der Waals surface area contributed by atoms with E-state index in [-0.39, 0.29) is 19.1 Å². The van der Waals surface area contributed by atoms with Gasteiger partial charge in [-0.1, -0.05) is 18.6 Å². The first-order chi connectivity index (χ1) is 11.2. The predicted octanol–water partition coefficient (Wildman–Crippen LogP) is 1.94. The second kappa shape index (κ2) is 9.53. The summed E-state index contributed by atoms with van der Waals surface area (Å²) in [5.41, 5.74) is 1.24. The highest BCUT2D eigenvalue weighted by Crippen LogP contribution is 2.22. The number of nitrogens with one attached hydrogen (secondary N) is 1. The van der Waals surface area contributed by atoms with Gasteiger partial charge < -0.3 is 15.2 Å². The zero-order valence-corrected chi connectivity index (χ0v) is 14.0. The lowest BCUT2D eigenvalue weighted by atomic mass is 9.99. The summed E-state index contributed by atoms with van der Waals surface area (Å²) >= 11 is 0. The molecule has 23 heavy (non-hydrogen) atoms. The Morgan fingerprint density at radius 1 is 1.35 bits per heavy atom. The number of likely N-dealkylation sites (tertiary alicyclic amines) is 1. The van der Waals surface area contributed by atoms with Crippen LogP contribution in [0.1, 0.15) is 38.2 Å². The lowest BCUT2D eigenvalue weighted by Gasteiger charge is -2.35. The van der Waals surface area contributed by atoms with E-state index in [0.29, 0.717) is 18.3 Å². The molecule has 1 fully saturated rings.